The lowest BCUT2D eigenvalue weighted by Gasteiger charge is -2.10. The molecule has 0 aliphatic carbocycles. The van der Waals surface area contributed by atoms with Crippen molar-refractivity contribution in [2.75, 3.05) is 17.6 Å². The predicted octanol–water partition coefficient (Wildman–Crippen LogP) is 2.36. The van der Waals surface area contributed by atoms with Crippen LogP contribution in [0.25, 0.3) is 0 Å². The molecule has 2 aromatic carbocycles. The van der Waals surface area contributed by atoms with Gasteiger partial charge >= 0.3 is 0 Å². The second-order valence-electron chi connectivity index (χ2n) is 5.55. The number of para-hydroxylation sites is 1. The molecule has 1 aliphatic heterocycles. The van der Waals surface area contributed by atoms with E-state index in [1.54, 1.807) is 0 Å². The number of rotatable bonds is 2. The highest BCUT2D eigenvalue weighted by atomic mass is 16.2. The summed E-state index contributed by atoms with van der Waals surface area (Å²) >= 11 is 0. The lowest BCUT2D eigenvalue weighted by molar-refractivity contribution is -0.117. The van der Waals surface area contributed by atoms with Crippen molar-refractivity contribution in [2.24, 2.45) is 0 Å². The molecule has 1 atom stereocenters. The van der Waals surface area contributed by atoms with E-state index in [4.69, 9.17) is 5.73 Å². The molecule has 2 aromatic rings. The largest absolute Gasteiger partial charge is 0.398 e. The molecule has 1 saturated heterocycles. The molecule has 1 aliphatic rings. The summed E-state index contributed by atoms with van der Waals surface area (Å²) in [5.41, 5.74) is 9.02. The molecule has 4 N–H and O–H groups in total. The molecule has 0 spiro atoms. The SMILES string of the molecule is Nc1ccccc1C#Cc1ccc(NC(=O)[C@H]2CCCN2)cc1. The van der Waals surface area contributed by atoms with Crippen LogP contribution in [0.3, 0.4) is 0 Å². The first-order valence-corrected chi connectivity index (χ1v) is 7.73. The van der Waals surface area contributed by atoms with Crippen LogP contribution in [0.15, 0.2) is 48.5 Å². The fourth-order valence-electron chi connectivity index (χ4n) is 2.52. The Bertz CT molecular complexity index is 750. The van der Waals surface area contributed by atoms with Crippen LogP contribution < -0.4 is 16.4 Å². The van der Waals surface area contributed by atoms with E-state index in [2.05, 4.69) is 22.5 Å². The van der Waals surface area contributed by atoms with Gasteiger partial charge in [-0.2, -0.15) is 0 Å². The van der Waals surface area contributed by atoms with Gasteiger partial charge in [-0.15, -0.1) is 0 Å². The fraction of sp³-hybridized carbons (Fsp3) is 0.211. The number of anilines is 2. The molecular weight excluding hydrogens is 286 g/mol. The van der Waals surface area contributed by atoms with Crippen LogP contribution in [-0.2, 0) is 4.79 Å². The quantitative estimate of drug-likeness (QED) is 0.589. The molecule has 116 valence electrons. The van der Waals surface area contributed by atoms with Crippen molar-refractivity contribution in [3.05, 3.63) is 59.7 Å². The minimum Gasteiger partial charge on any atom is -0.398 e. The third-order valence-corrected chi connectivity index (χ3v) is 3.83. The number of hydrogen-bond acceptors (Lipinski definition) is 3. The topological polar surface area (TPSA) is 67.1 Å². The van der Waals surface area contributed by atoms with Crippen LogP contribution in [-0.4, -0.2) is 18.5 Å². The normalized spacial score (nSPS) is 16.4. The first-order valence-electron chi connectivity index (χ1n) is 7.73. The number of benzene rings is 2. The summed E-state index contributed by atoms with van der Waals surface area (Å²) < 4.78 is 0. The molecule has 0 saturated carbocycles. The highest BCUT2D eigenvalue weighted by Crippen LogP contribution is 2.13. The van der Waals surface area contributed by atoms with Crippen molar-refractivity contribution < 1.29 is 4.79 Å². The van der Waals surface area contributed by atoms with E-state index in [9.17, 15) is 4.79 Å². The Morgan fingerprint density at radius 3 is 2.61 bits per heavy atom. The molecule has 23 heavy (non-hydrogen) atoms. The smallest absolute Gasteiger partial charge is 0.241 e. The number of carbonyl (C=O) groups excluding carboxylic acids is 1. The van der Waals surface area contributed by atoms with Crippen LogP contribution in [0, 0.1) is 11.8 Å². The summed E-state index contributed by atoms with van der Waals surface area (Å²) in [5.74, 6) is 6.17. The maximum atomic E-state index is 12.0. The number of carbonyl (C=O) groups is 1. The molecule has 0 radical (unpaired) electrons. The number of amides is 1. The van der Waals surface area contributed by atoms with Crippen LogP contribution in [0.1, 0.15) is 24.0 Å². The van der Waals surface area contributed by atoms with E-state index in [0.717, 1.165) is 36.2 Å². The molecule has 1 heterocycles. The average molecular weight is 305 g/mol. The Morgan fingerprint density at radius 1 is 1.13 bits per heavy atom. The molecule has 0 unspecified atom stereocenters. The first kappa shape index (κ1) is 15.1. The standard InChI is InChI=1S/C19H19N3O/c20-17-5-2-1-4-15(17)10-7-14-8-11-16(12-9-14)22-19(23)18-6-3-13-21-18/h1-2,4-5,8-9,11-12,18,21H,3,6,13,20H2,(H,22,23)/t18-/m1/s1. The van der Waals surface area contributed by atoms with Gasteiger partial charge in [0.1, 0.15) is 0 Å². The Labute approximate surface area is 136 Å². The molecule has 0 aromatic heterocycles. The summed E-state index contributed by atoms with van der Waals surface area (Å²) in [5, 5.41) is 6.11. The third kappa shape index (κ3) is 3.91. The fourth-order valence-corrected chi connectivity index (χ4v) is 2.52. The summed E-state index contributed by atoms with van der Waals surface area (Å²) in [4.78, 5) is 12.0. The second kappa shape index (κ2) is 6.99. The van der Waals surface area contributed by atoms with E-state index >= 15 is 0 Å². The molecule has 4 heteroatoms. The van der Waals surface area contributed by atoms with Gasteiger partial charge in [-0.3, -0.25) is 4.79 Å². The lowest BCUT2D eigenvalue weighted by Crippen LogP contribution is -2.35. The molecule has 4 nitrogen and oxygen atoms in total. The maximum absolute atomic E-state index is 12.0. The van der Waals surface area contributed by atoms with Crippen LogP contribution in [0.5, 0.6) is 0 Å². The van der Waals surface area contributed by atoms with E-state index in [-0.39, 0.29) is 11.9 Å². The van der Waals surface area contributed by atoms with Crippen molar-refractivity contribution in [1.29, 1.82) is 0 Å². The Hall–Kier alpha value is -2.77. The number of nitrogens with one attached hydrogen (secondary N) is 2. The minimum atomic E-state index is -0.0736. The molecule has 1 fully saturated rings. The average Bonchev–Trinajstić information content (AvgIpc) is 3.10. The predicted molar refractivity (Wildman–Crippen MR) is 92.9 cm³/mol. The lowest BCUT2D eigenvalue weighted by atomic mass is 10.1. The summed E-state index contributed by atoms with van der Waals surface area (Å²) in [6, 6.07) is 15.0. The highest BCUT2D eigenvalue weighted by molar-refractivity contribution is 5.95. The van der Waals surface area contributed by atoms with Gasteiger partial charge < -0.3 is 16.4 Å². The van der Waals surface area contributed by atoms with Crippen molar-refractivity contribution in [2.45, 2.75) is 18.9 Å². The number of nitrogen functional groups attached to an aromatic ring is 1. The van der Waals surface area contributed by atoms with E-state index in [0.29, 0.717) is 5.69 Å². The number of hydrogen-bond donors (Lipinski definition) is 3. The van der Waals surface area contributed by atoms with Gasteiger partial charge in [-0.1, -0.05) is 24.0 Å². The second-order valence-corrected chi connectivity index (χ2v) is 5.55. The van der Waals surface area contributed by atoms with Gasteiger partial charge in [-0.05, 0) is 55.8 Å². The van der Waals surface area contributed by atoms with Gasteiger partial charge in [0.2, 0.25) is 5.91 Å². The van der Waals surface area contributed by atoms with Crippen molar-refractivity contribution in [1.82, 2.24) is 5.32 Å². The zero-order valence-electron chi connectivity index (χ0n) is 12.8. The zero-order chi connectivity index (χ0) is 16.1. The summed E-state index contributed by atoms with van der Waals surface area (Å²) in [6.07, 6.45) is 1.95. The van der Waals surface area contributed by atoms with Crippen LogP contribution >= 0.6 is 0 Å². The van der Waals surface area contributed by atoms with Gasteiger partial charge in [0.25, 0.3) is 0 Å². The van der Waals surface area contributed by atoms with Crippen molar-refractivity contribution in [3.63, 3.8) is 0 Å². The highest BCUT2D eigenvalue weighted by Gasteiger charge is 2.21. The molecular formula is C19H19N3O. The monoisotopic (exact) mass is 305 g/mol. The molecule has 0 bridgehead atoms. The number of nitrogens with two attached hydrogens (primary N) is 1. The van der Waals surface area contributed by atoms with Crippen molar-refractivity contribution in [3.8, 4) is 11.8 Å². The zero-order valence-corrected chi connectivity index (χ0v) is 12.8. The van der Waals surface area contributed by atoms with Gasteiger partial charge in [0.15, 0.2) is 0 Å². The van der Waals surface area contributed by atoms with E-state index < -0.39 is 0 Å². The first-order chi connectivity index (χ1) is 11.2. The summed E-state index contributed by atoms with van der Waals surface area (Å²) in [6.45, 7) is 0.912. The summed E-state index contributed by atoms with van der Waals surface area (Å²) in [7, 11) is 0. The third-order valence-electron chi connectivity index (χ3n) is 3.83. The van der Waals surface area contributed by atoms with Crippen molar-refractivity contribution >= 4 is 17.3 Å². The molecule has 1 amide bonds. The Kier molecular flexibility index (Phi) is 4.60. The molecule has 3 rings (SSSR count). The van der Waals surface area contributed by atoms with Gasteiger partial charge in [0.05, 0.1) is 6.04 Å². The van der Waals surface area contributed by atoms with Gasteiger partial charge in [0, 0.05) is 22.5 Å². The maximum Gasteiger partial charge on any atom is 0.241 e. The Balaban J connectivity index is 1.66. The van der Waals surface area contributed by atoms with Crippen LogP contribution in [0.4, 0.5) is 11.4 Å². The van der Waals surface area contributed by atoms with E-state index in [1.165, 1.54) is 0 Å². The Morgan fingerprint density at radius 2 is 1.91 bits per heavy atom. The van der Waals surface area contributed by atoms with E-state index in [1.807, 2.05) is 48.5 Å². The van der Waals surface area contributed by atoms with Crippen LogP contribution in [0.2, 0.25) is 0 Å². The van der Waals surface area contributed by atoms with Gasteiger partial charge in [-0.25, -0.2) is 0 Å². The minimum absolute atomic E-state index is 0.0263.